The second-order valence-electron chi connectivity index (χ2n) is 2.77. The Bertz CT molecular complexity index is 411. The number of aliphatic imine (C=N–C) groups is 1. The first-order chi connectivity index (χ1) is 7.29. The lowest BCUT2D eigenvalue weighted by molar-refractivity contribution is 0.417. The second kappa shape index (κ2) is 4.78. The molecule has 0 saturated heterocycles. The molecule has 15 heavy (non-hydrogen) atoms. The Hall–Kier alpha value is -2.33. The predicted molar refractivity (Wildman–Crippen MR) is 54.8 cm³/mol. The molecule has 1 aromatic rings. The number of rotatable bonds is 3. The van der Waals surface area contributed by atoms with Gasteiger partial charge < -0.3 is 4.74 Å². The van der Waals surface area contributed by atoms with Crippen LogP contribution in [0.4, 0.5) is 0 Å². The number of benzene rings is 1. The van der Waals surface area contributed by atoms with Gasteiger partial charge in [0.05, 0.1) is 7.11 Å². The molecule has 0 aliphatic rings. The van der Waals surface area contributed by atoms with E-state index in [2.05, 4.69) is 9.73 Å². The molecule has 0 radical (unpaired) electrons. The van der Waals surface area contributed by atoms with Gasteiger partial charge in [-0.3, -0.25) is 0 Å². The molecule has 1 rings (SSSR count). The highest BCUT2D eigenvalue weighted by Gasteiger charge is 2.31. The molecule has 0 unspecified atom stereocenters. The molecule has 0 bridgehead atoms. The summed E-state index contributed by atoms with van der Waals surface area (Å²) in [5.74, 6) is 0. The van der Waals surface area contributed by atoms with E-state index in [1.165, 1.54) is 7.11 Å². The molecule has 0 fully saturated rings. The summed E-state index contributed by atoms with van der Waals surface area (Å²) in [6.45, 7) is 0. The average Bonchev–Trinajstić information content (AvgIpc) is 2.33. The van der Waals surface area contributed by atoms with Gasteiger partial charge in [0.1, 0.15) is 12.1 Å². The van der Waals surface area contributed by atoms with Crippen molar-refractivity contribution in [2.24, 2.45) is 4.99 Å². The van der Waals surface area contributed by atoms with E-state index in [-0.39, 0.29) is 0 Å². The third kappa shape index (κ3) is 2.12. The van der Waals surface area contributed by atoms with Gasteiger partial charge in [-0.15, -0.1) is 0 Å². The fourth-order valence-corrected chi connectivity index (χ4v) is 1.10. The van der Waals surface area contributed by atoms with Crippen LogP contribution in [0.1, 0.15) is 5.56 Å². The average molecular weight is 199 g/mol. The van der Waals surface area contributed by atoms with Crippen LogP contribution >= 0.6 is 0 Å². The predicted octanol–water partition coefficient (Wildman–Crippen LogP) is 1.60. The lowest BCUT2D eigenvalue weighted by atomic mass is 9.94. The quantitative estimate of drug-likeness (QED) is 0.548. The summed E-state index contributed by atoms with van der Waals surface area (Å²) in [6, 6.07) is 12.4. The van der Waals surface area contributed by atoms with Crippen molar-refractivity contribution in [3.05, 3.63) is 35.9 Å². The summed E-state index contributed by atoms with van der Waals surface area (Å²) in [5.41, 5.74) is -0.986. The van der Waals surface area contributed by atoms with Crippen LogP contribution < -0.4 is 0 Å². The molecular weight excluding hydrogens is 190 g/mol. The van der Waals surface area contributed by atoms with Gasteiger partial charge >= 0.3 is 0 Å². The zero-order chi connectivity index (χ0) is 11.1. The first kappa shape index (κ1) is 10.7. The van der Waals surface area contributed by atoms with Crippen molar-refractivity contribution in [1.29, 1.82) is 10.5 Å². The Kier molecular flexibility index (Phi) is 3.43. The van der Waals surface area contributed by atoms with Crippen LogP contribution in [0.2, 0.25) is 0 Å². The largest absolute Gasteiger partial charge is 0.487 e. The Balaban J connectivity index is 3.21. The Labute approximate surface area is 88.1 Å². The van der Waals surface area contributed by atoms with Gasteiger partial charge in [-0.05, 0) is 0 Å². The van der Waals surface area contributed by atoms with Crippen molar-refractivity contribution in [1.82, 2.24) is 0 Å². The maximum absolute atomic E-state index is 9.01. The minimum absolute atomic E-state index is 0.531. The normalized spacial score (nSPS) is 10.6. The number of nitrogens with zero attached hydrogens (tertiary/aromatic N) is 3. The molecular formula is C11H9N3O. The Morgan fingerprint density at radius 3 is 2.33 bits per heavy atom. The molecule has 4 nitrogen and oxygen atoms in total. The van der Waals surface area contributed by atoms with Crippen LogP contribution in [-0.4, -0.2) is 13.5 Å². The van der Waals surface area contributed by atoms with Crippen LogP contribution in [0.15, 0.2) is 35.3 Å². The molecule has 1 aromatic carbocycles. The molecule has 0 heterocycles. The summed E-state index contributed by atoms with van der Waals surface area (Å²) in [5, 5.41) is 18.0. The van der Waals surface area contributed by atoms with E-state index in [1.807, 2.05) is 18.2 Å². The van der Waals surface area contributed by atoms with Crippen molar-refractivity contribution in [2.75, 3.05) is 7.11 Å². The van der Waals surface area contributed by atoms with Gasteiger partial charge in [-0.1, -0.05) is 30.3 Å². The minimum Gasteiger partial charge on any atom is -0.487 e. The molecule has 4 heteroatoms. The Morgan fingerprint density at radius 2 is 1.87 bits per heavy atom. The van der Waals surface area contributed by atoms with Gasteiger partial charge in [0.2, 0.25) is 0 Å². The molecule has 0 atom stereocenters. The lowest BCUT2D eigenvalue weighted by Crippen LogP contribution is -2.19. The molecule has 0 saturated carbocycles. The number of methoxy groups -OCH3 is 1. The van der Waals surface area contributed by atoms with Crippen molar-refractivity contribution in [3.8, 4) is 12.1 Å². The summed E-state index contributed by atoms with van der Waals surface area (Å²) in [7, 11) is 1.41. The van der Waals surface area contributed by atoms with Gasteiger partial charge in [0, 0.05) is 5.56 Å². The minimum atomic E-state index is -1.52. The highest BCUT2D eigenvalue weighted by atomic mass is 16.5. The van der Waals surface area contributed by atoms with Gasteiger partial charge in [-0.2, -0.15) is 10.5 Å². The van der Waals surface area contributed by atoms with Gasteiger partial charge in [0.15, 0.2) is 6.40 Å². The van der Waals surface area contributed by atoms with Crippen LogP contribution in [0, 0.1) is 22.7 Å². The third-order valence-electron chi connectivity index (χ3n) is 1.87. The topological polar surface area (TPSA) is 69.2 Å². The highest BCUT2D eigenvalue weighted by molar-refractivity contribution is 5.52. The van der Waals surface area contributed by atoms with Crippen LogP contribution in [-0.2, 0) is 10.3 Å². The van der Waals surface area contributed by atoms with Crippen molar-refractivity contribution < 1.29 is 4.74 Å². The smallest absolute Gasteiger partial charge is 0.260 e. The van der Waals surface area contributed by atoms with Crippen molar-refractivity contribution in [2.45, 2.75) is 5.54 Å². The third-order valence-corrected chi connectivity index (χ3v) is 1.87. The van der Waals surface area contributed by atoms with E-state index in [0.29, 0.717) is 5.56 Å². The number of hydrogen-bond acceptors (Lipinski definition) is 4. The summed E-state index contributed by atoms with van der Waals surface area (Å²) >= 11 is 0. The first-order valence-corrected chi connectivity index (χ1v) is 4.23. The maximum atomic E-state index is 9.01. The van der Waals surface area contributed by atoms with Crippen molar-refractivity contribution in [3.63, 3.8) is 0 Å². The number of hydrogen-bond donors (Lipinski definition) is 0. The highest BCUT2D eigenvalue weighted by Crippen LogP contribution is 2.23. The standard InChI is InChI=1S/C11H9N3O/c1-15-9-14-11(7-12,8-13)10-5-3-2-4-6-10/h2-6,9H,1H3. The molecule has 0 aliphatic carbocycles. The van der Waals surface area contributed by atoms with Gasteiger partial charge in [0.25, 0.3) is 5.54 Å². The SMILES string of the molecule is COC=NC(C#N)(C#N)c1ccccc1. The van der Waals surface area contributed by atoms with E-state index in [4.69, 9.17) is 10.5 Å². The molecule has 74 valence electrons. The Morgan fingerprint density at radius 1 is 1.27 bits per heavy atom. The molecule has 0 spiro atoms. The monoisotopic (exact) mass is 199 g/mol. The number of ether oxygens (including phenoxy) is 1. The fraction of sp³-hybridized carbons (Fsp3) is 0.182. The zero-order valence-corrected chi connectivity index (χ0v) is 8.21. The summed E-state index contributed by atoms with van der Waals surface area (Å²) < 4.78 is 4.63. The summed E-state index contributed by atoms with van der Waals surface area (Å²) in [4.78, 5) is 3.81. The molecule has 0 N–H and O–H groups in total. The maximum Gasteiger partial charge on any atom is 0.260 e. The number of nitriles is 2. The van der Waals surface area contributed by atoms with Crippen LogP contribution in [0.5, 0.6) is 0 Å². The molecule has 0 aromatic heterocycles. The molecule has 0 amide bonds. The second-order valence-corrected chi connectivity index (χ2v) is 2.77. The van der Waals surface area contributed by atoms with E-state index in [1.54, 1.807) is 24.3 Å². The van der Waals surface area contributed by atoms with Crippen LogP contribution in [0.25, 0.3) is 0 Å². The van der Waals surface area contributed by atoms with E-state index in [9.17, 15) is 0 Å². The first-order valence-electron chi connectivity index (χ1n) is 4.23. The zero-order valence-electron chi connectivity index (χ0n) is 8.21. The lowest BCUT2D eigenvalue weighted by Gasteiger charge is -2.12. The van der Waals surface area contributed by atoms with E-state index >= 15 is 0 Å². The van der Waals surface area contributed by atoms with Gasteiger partial charge in [-0.25, -0.2) is 4.99 Å². The van der Waals surface area contributed by atoms with Crippen LogP contribution in [0.3, 0.4) is 0 Å². The molecule has 0 aliphatic heterocycles. The fourth-order valence-electron chi connectivity index (χ4n) is 1.10. The van der Waals surface area contributed by atoms with Crippen molar-refractivity contribution >= 4 is 6.40 Å². The summed E-state index contributed by atoms with van der Waals surface area (Å²) in [6.07, 6.45) is 1.10. The van der Waals surface area contributed by atoms with E-state index in [0.717, 1.165) is 6.40 Å². The van der Waals surface area contributed by atoms with E-state index < -0.39 is 5.54 Å².